The molecule has 0 spiro atoms. The molecule has 1 unspecified atom stereocenters. The molecule has 0 bridgehead atoms. The van der Waals surface area contributed by atoms with Crippen molar-refractivity contribution in [3.63, 3.8) is 0 Å². The third kappa shape index (κ3) is 0.760. The Balaban J connectivity index is 2.58. The van der Waals surface area contributed by atoms with Crippen LogP contribution in [0.1, 0.15) is 13.3 Å². The van der Waals surface area contributed by atoms with Crippen molar-refractivity contribution in [1.82, 2.24) is 0 Å². The summed E-state index contributed by atoms with van der Waals surface area (Å²) in [7, 11) is 0. The summed E-state index contributed by atoms with van der Waals surface area (Å²) in [5.74, 6) is 0.808. The number of hydrogen-bond donors (Lipinski definition) is 1. The van der Waals surface area contributed by atoms with Crippen molar-refractivity contribution in [3.8, 4) is 0 Å². The summed E-state index contributed by atoms with van der Waals surface area (Å²) in [6.45, 7) is 2.06. The van der Waals surface area contributed by atoms with Crippen molar-refractivity contribution in [2.45, 2.75) is 13.3 Å². The van der Waals surface area contributed by atoms with Gasteiger partial charge in [0.1, 0.15) is 0 Å². The molecule has 1 heteroatoms. The van der Waals surface area contributed by atoms with Crippen LogP contribution in [0.5, 0.6) is 0 Å². The molecule has 1 nitrogen and oxygen atoms in total. The zero-order chi connectivity index (χ0) is 5.98. The van der Waals surface area contributed by atoms with Gasteiger partial charge in [0.15, 0.2) is 0 Å². The van der Waals surface area contributed by atoms with Crippen molar-refractivity contribution in [2.75, 3.05) is 0 Å². The molecule has 0 saturated heterocycles. The predicted molar refractivity (Wildman–Crippen MR) is 33.6 cm³/mol. The molecule has 0 aromatic rings. The quantitative estimate of drug-likeness (QED) is 0.547. The van der Waals surface area contributed by atoms with Gasteiger partial charge in [-0.3, -0.25) is 0 Å². The highest BCUT2D eigenvalue weighted by Crippen LogP contribution is 2.18. The van der Waals surface area contributed by atoms with Gasteiger partial charge < -0.3 is 5.11 Å². The molecule has 1 aliphatic carbocycles. The van der Waals surface area contributed by atoms with Crippen LogP contribution in [-0.2, 0) is 0 Å². The van der Waals surface area contributed by atoms with E-state index in [9.17, 15) is 0 Å². The van der Waals surface area contributed by atoms with Crippen LogP contribution in [0.2, 0.25) is 0 Å². The minimum atomic E-state index is 0.301. The van der Waals surface area contributed by atoms with Crippen molar-refractivity contribution < 1.29 is 5.11 Å². The fraction of sp³-hybridized carbons (Fsp3) is 0.429. The topological polar surface area (TPSA) is 20.2 Å². The highest BCUT2D eigenvalue weighted by Gasteiger charge is 2.09. The van der Waals surface area contributed by atoms with Gasteiger partial charge in [-0.05, 0) is 12.5 Å². The van der Waals surface area contributed by atoms with E-state index in [0.717, 1.165) is 6.42 Å². The van der Waals surface area contributed by atoms with Gasteiger partial charge in [-0.25, -0.2) is 0 Å². The van der Waals surface area contributed by atoms with Crippen LogP contribution in [0.3, 0.4) is 0 Å². The minimum absolute atomic E-state index is 0.301. The van der Waals surface area contributed by atoms with Gasteiger partial charge in [0.2, 0.25) is 0 Å². The highest BCUT2D eigenvalue weighted by molar-refractivity contribution is 5.21. The maximum Gasteiger partial charge on any atom is 0.0990 e. The Hall–Kier alpha value is -0.720. The second kappa shape index (κ2) is 2.03. The Kier molecular flexibility index (Phi) is 1.38. The monoisotopic (exact) mass is 110 g/mol. The maximum atomic E-state index is 8.99. The van der Waals surface area contributed by atoms with Gasteiger partial charge >= 0.3 is 0 Å². The van der Waals surface area contributed by atoms with E-state index in [2.05, 4.69) is 6.92 Å². The summed E-state index contributed by atoms with van der Waals surface area (Å²) >= 11 is 0. The number of allylic oxidation sites excluding steroid dienone is 3. The number of aliphatic hydroxyl groups excluding tert-OH is 1. The van der Waals surface area contributed by atoms with E-state index in [1.165, 1.54) is 0 Å². The van der Waals surface area contributed by atoms with Crippen LogP contribution in [0, 0.1) is 5.92 Å². The largest absolute Gasteiger partial charge is 0.512 e. The highest BCUT2D eigenvalue weighted by atomic mass is 16.3. The summed E-state index contributed by atoms with van der Waals surface area (Å²) in [5.41, 5.74) is 0. The lowest BCUT2D eigenvalue weighted by atomic mass is 10.1. The first kappa shape index (κ1) is 5.42. The molecule has 0 aromatic carbocycles. The molecule has 0 amide bonds. The van der Waals surface area contributed by atoms with Crippen LogP contribution < -0.4 is 0 Å². The van der Waals surface area contributed by atoms with Crippen molar-refractivity contribution in [1.29, 1.82) is 0 Å². The Morgan fingerprint density at radius 3 is 2.75 bits per heavy atom. The summed E-state index contributed by atoms with van der Waals surface area (Å²) in [4.78, 5) is 0. The number of hydrogen-bond acceptors (Lipinski definition) is 1. The van der Waals surface area contributed by atoms with Crippen LogP contribution in [0.15, 0.2) is 24.0 Å². The van der Waals surface area contributed by atoms with E-state index in [-0.39, 0.29) is 0 Å². The first-order valence-electron chi connectivity index (χ1n) is 2.92. The SMILES string of the molecule is CCC1C=CC=C1O. The lowest BCUT2D eigenvalue weighted by Crippen LogP contribution is -1.93. The molecule has 0 aliphatic heterocycles. The van der Waals surface area contributed by atoms with Crippen molar-refractivity contribution in [3.05, 3.63) is 24.0 Å². The molecule has 8 heavy (non-hydrogen) atoms. The molecule has 0 radical (unpaired) electrons. The summed E-state index contributed by atoms with van der Waals surface area (Å²) in [6.07, 6.45) is 6.64. The second-order valence-electron chi connectivity index (χ2n) is 1.99. The van der Waals surface area contributed by atoms with E-state index >= 15 is 0 Å². The Labute approximate surface area is 49.3 Å². The van der Waals surface area contributed by atoms with Crippen LogP contribution >= 0.6 is 0 Å². The molecule has 0 fully saturated rings. The first-order chi connectivity index (χ1) is 3.84. The van der Waals surface area contributed by atoms with Gasteiger partial charge in [-0.1, -0.05) is 19.1 Å². The normalized spacial score (nSPS) is 26.1. The summed E-state index contributed by atoms with van der Waals surface area (Å²) in [6, 6.07) is 0. The van der Waals surface area contributed by atoms with Crippen LogP contribution in [-0.4, -0.2) is 5.11 Å². The summed E-state index contributed by atoms with van der Waals surface area (Å²) < 4.78 is 0. The average Bonchev–Trinajstić information content (AvgIpc) is 2.14. The van der Waals surface area contributed by atoms with E-state index in [4.69, 9.17) is 5.11 Å². The molecular formula is C7H10O. The van der Waals surface area contributed by atoms with Crippen LogP contribution in [0.4, 0.5) is 0 Å². The van der Waals surface area contributed by atoms with Crippen molar-refractivity contribution in [2.24, 2.45) is 5.92 Å². The zero-order valence-corrected chi connectivity index (χ0v) is 4.96. The van der Waals surface area contributed by atoms with Gasteiger partial charge in [-0.15, -0.1) is 0 Å². The third-order valence-corrected chi connectivity index (χ3v) is 1.43. The first-order valence-corrected chi connectivity index (χ1v) is 2.92. The van der Waals surface area contributed by atoms with Gasteiger partial charge in [0.05, 0.1) is 5.76 Å². The van der Waals surface area contributed by atoms with Gasteiger partial charge in [0, 0.05) is 5.92 Å². The second-order valence-corrected chi connectivity index (χ2v) is 1.99. The zero-order valence-electron chi connectivity index (χ0n) is 4.96. The molecule has 0 saturated carbocycles. The lowest BCUT2D eigenvalue weighted by molar-refractivity contribution is 0.357. The molecular weight excluding hydrogens is 100 g/mol. The smallest absolute Gasteiger partial charge is 0.0990 e. The standard InChI is InChI=1S/C7H10O/c1-2-6-4-3-5-7(6)8/h3-6,8H,2H2,1H3. The number of aliphatic hydroxyl groups is 1. The summed E-state index contributed by atoms with van der Waals surface area (Å²) in [5, 5.41) is 8.99. The minimum Gasteiger partial charge on any atom is -0.512 e. The lowest BCUT2D eigenvalue weighted by Gasteiger charge is -2.01. The molecule has 0 aromatic heterocycles. The fourth-order valence-electron chi connectivity index (χ4n) is 0.856. The molecule has 1 N–H and O–H groups in total. The Morgan fingerprint density at radius 1 is 1.75 bits per heavy atom. The molecule has 1 atom stereocenters. The van der Waals surface area contributed by atoms with Crippen LogP contribution in [0.25, 0.3) is 0 Å². The Morgan fingerprint density at radius 2 is 2.50 bits per heavy atom. The molecule has 1 rings (SSSR count). The average molecular weight is 110 g/mol. The van der Waals surface area contributed by atoms with E-state index < -0.39 is 0 Å². The van der Waals surface area contributed by atoms with E-state index in [0.29, 0.717) is 11.7 Å². The van der Waals surface area contributed by atoms with Crippen molar-refractivity contribution >= 4 is 0 Å². The number of rotatable bonds is 1. The Bertz CT molecular complexity index is 133. The predicted octanol–water partition coefficient (Wildman–Crippen LogP) is 2.02. The van der Waals surface area contributed by atoms with E-state index in [1.807, 2.05) is 12.2 Å². The fourth-order valence-corrected chi connectivity index (χ4v) is 0.856. The molecule has 1 aliphatic rings. The van der Waals surface area contributed by atoms with Gasteiger partial charge in [0.25, 0.3) is 0 Å². The molecule has 44 valence electrons. The molecule has 0 heterocycles. The van der Waals surface area contributed by atoms with E-state index in [1.54, 1.807) is 6.08 Å². The third-order valence-electron chi connectivity index (χ3n) is 1.43. The van der Waals surface area contributed by atoms with Gasteiger partial charge in [-0.2, -0.15) is 0 Å². The maximum absolute atomic E-state index is 8.99.